The number of esters is 2. The first kappa shape index (κ1) is 40.9. The van der Waals surface area contributed by atoms with Gasteiger partial charge in [0, 0.05) is 55.6 Å². The van der Waals surface area contributed by atoms with E-state index in [1.54, 1.807) is 68.0 Å². The maximum Gasteiger partial charge on any atom is 0.340 e. The zero-order chi connectivity index (χ0) is 39.1. The smallest absolute Gasteiger partial charge is 0.340 e. The van der Waals surface area contributed by atoms with E-state index in [4.69, 9.17) is 9.47 Å². The largest absolute Gasteiger partial charge is 0.462 e. The van der Waals surface area contributed by atoms with Crippen molar-refractivity contribution in [2.45, 2.75) is 92.7 Å². The Morgan fingerprint density at radius 1 is 0.865 bits per heavy atom. The Kier molecular flexibility index (Phi) is 13.1. The minimum atomic E-state index is -0.962. The van der Waals surface area contributed by atoms with E-state index >= 15 is 0 Å². The number of aryl methyl sites for hydroxylation is 4. The quantitative estimate of drug-likeness (QED) is 0.175. The molecule has 0 bridgehead atoms. The molecule has 1 amide bonds. The SMILES string of the molecule is CC.CCOC(=O)c1c(C)[nH]c2c(=O)n(C)cc(C#CC(C)(C)NC(C)=O)c12.CCOC(=O)c1c(C)[nH]c2c(=O)n(C)cc(C#CC3(O)CCC3)c12. The van der Waals surface area contributed by atoms with Crippen molar-refractivity contribution in [3.63, 3.8) is 0 Å². The van der Waals surface area contributed by atoms with Crippen molar-refractivity contribution in [1.82, 2.24) is 24.4 Å². The minimum Gasteiger partial charge on any atom is -0.462 e. The Labute approximate surface area is 303 Å². The molecule has 4 heterocycles. The van der Waals surface area contributed by atoms with Crippen LogP contribution in [0.5, 0.6) is 0 Å². The molecule has 4 aromatic rings. The number of carbonyl (C=O) groups excluding carboxylic acids is 3. The molecule has 0 atom stereocenters. The van der Waals surface area contributed by atoms with Gasteiger partial charge in [-0.2, -0.15) is 0 Å². The summed E-state index contributed by atoms with van der Waals surface area (Å²) in [5.74, 6) is 10.6. The minimum absolute atomic E-state index is 0.195. The fraction of sp³-hybridized carbons (Fsp3) is 0.462. The van der Waals surface area contributed by atoms with Crippen LogP contribution >= 0.6 is 0 Å². The topological polar surface area (TPSA) is 178 Å². The van der Waals surface area contributed by atoms with Gasteiger partial charge in [0.1, 0.15) is 16.6 Å². The lowest BCUT2D eigenvalue weighted by molar-refractivity contribution is -0.120. The van der Waals surface area contributed by atoms with Crippen LogP contribution in [0.25, 0.3) is 21.8 Å². The number of hydrogen-bond acceptors (Lipinski definition) is 8. The van der Waals surface area contributed by atoms with Crippen LogP contribution in [0.3, 0.4) is 0 Å². The van der Waals surface area contributed by atoms with Crippen LogP contribution < -0.4 is 16.4 Å². The van der Waals surface area contributed by atoms with Crippen LogP contribution in [0, 0.1) is 37.5 Å². The Balaban J connectivity index is 0.000000268. The molecule has 5 rings (SSSR count). The summed E-state index contributed by atoms with van der Waals surface area (Å²) in [7, 11) is 3.25. The Morgan fingerprint density at radius 2 is 1.29 bits per heavy atom. The summed E-state index contributed by atoms with van der Waals surface area (Å²) >= 11 is 0. The van der Waals surface area contributed by atoms with E-state index in [1.165, 1.54) is 16.1 Å². The first-order valence-electron chi connectivity index (χ1n) is 17.3. The average Bonchev–Trinajstić information content (AvgIpc) is 3.60. The van der Waals surface area contributed by atoms with Crippen LogP contribution in [0.2, 0.25) is 0 Å². The fourth-order valence-corrected chi connectivity index (χ4v) is 5.72. The van der Waals surface area contributed by atoms with E-state index < -0.39 is 23.1 Å². The molecule has 278 valence electrons. The summed E-state index contributed by atoms with van der Waals surface area (Å²) in [6.45, 7) is 16.3. The number of rotatable bonds is 5. The number of aliphatic hydroxyl groups is 1. The van der Waals surface area contributed by atoms with Crippen LogP contribution in [-0.4, -0.2) is 66.4 Å². The number of amides is 1. The van der Waals surface area contributed by atoms with Crippen LogP contribution in [0.4, 0.5) is 0 Å². The van der Waals surface area contributed by atoms with Gasteiger partial charge in [0.25, 0.3) is 11.1 Å². The highest BCUT2D eigenvalue weighted by atomic mass is 16.5. The third-order valence-electron chi connectivity index (χ3n) is 8.20. The number of H-pyrrole nitrogens is 2. The number of nitrogens with one attached hydrogen (secondary N) is 3. The van der Waals surface area contributed by atoms with E-state index in [1.807, 2.05) is 13.8 Å². The van der Waals surface area contributed by atoms with E-state index in [-0.39, 0.29) is 30.2 Å². The predicted molar refractivity (Wildman–Crippen MR) is 200 cm³/mol. The molecular formula is C39H49N5O8. The molecule has 0 unspecified atom stereocenters. The lowest BCUT2D eigenvalue weighted by atomic mass is 9.81. The van der Waals surface area contributed by atoms with Crippen molar-refractivity contribution < 1.29 is 29.0 Å². The Morgan fingerprint density at radius 3 is 1.65 bits per heavy atom. The van der Waals surface area contributed by atoms with Crippen molar-refractivity contribution in [1.29, 1.82) is 0 Å². The number of hydrogen-bond donors (Lipinski definition) is 4. The van der Waals surface area contributed by atoms with Crippen molar-refractivity contribution in [2.75, 3.05) is 13.2 Å². The van der Waals surface area contributed by atoms with Gasteiger partial charge in [0.15, 0.2) is 0 Å². The average molecular weight is 716 g/mol. The van der Waals surface area contributed by atoms with E-state index in [9.17, 15) is 29.1 Å². The second-order valence-corrected chi connectivity index (χ2v) is 12.8. The van der Waals surface area contributed by atoms with Gasteiger partial charge in [-0.05, 0) is 60.8 Å². The summed E-state index contributed by atoms with van der Waals surface area (Å²) < 4.78 is 13.1. The number of aromatic amines is 2. The van der Waals surface area contributed by atoms with Gasteiger partial charge in [-0.3, -0.25) is 14.4 Å². The molecule has 0 aromatic carbocycles. The van der Waals surface area contributed by atoms with Gasteiger partial charge < -0.3 is 39.0 Å². The van der Waals surface area contributed by atoms with Gasteiger partial charge >= 0.3 is 11.9 Å². The van der Waals surface area contributed by atoms with E-state index in [0.717, 1.165) is 6.42 Å². The second kappa shape index (κ2) is 16.7. The maximum absolute atomic E-state index is 12.4. The molecule has 0 saturated heterocycles. The van der Waals surface area contributed by atoms with Crippen LogP contribution in [0.1, 0.15) is 111 Å². The molecule has 13 heteroatoms. The highest BCUT2D eigenvalue weighted by Gasteiger charge is 2.32. The molecule has 0 aliphatic heterocycles. The van der Waals surface area contributed by atoms with Gasteiger partial charge in [0.05, 0.1) is 41.0 Å². The number of pyridine rings is 2. The lowest BCUT2D eigenvalue weighted by Crippen LogP contribution is -2.40. The molecule has 0 radical (unpaired) electrons. The molecular weight excluding hydrogens is 666 g/mol. The summed E-state index contributed by atoms with van der Waals surface area (Å²) in [5, 5.41) is 13.8. The fourth-order valence-electron chi connectivity index (χ4n) is 5.72. The summed E-state index contributed by atoms with van der Waals surface area (Å²) in [6, 6.07) is 0. The van der Waals surface area contributed by atoms with E-state index in [2.05, 4.69) is 39.0 Å². The molecule has 52 heavy (non-hydrogen) atoms. The summed E-state index contributed by atoms with van der Waals surface area (Å²) in [5.41, 5.74) is 1.19. The van der Waals surface area contributed by atoms with Gasteiger partial charge in [-0.25, -0.2) is 9.59 Å². The zero-order valence-corrected chi connectivity index (χ0v) is 31.9. The molecule has 4 N–H and O–H groups in total. The summed E-state index contributed by atoms with van der Waals surface area (Å²) in [6.07, 6.45) is 5.41. The number of ether oxygens (including phenoxy) is 2. The van der Waals surface area contributed by atoms with Gasteiger partial charge in [-0.1, -0.05) is 37.5 Å². The molecule has 4 aromatic heterocycles. The van der Waals surface area contributed by atoms with Crippen molar-refractivity contribution in [3.05, 3.63) is 66.7 Å². The first-order chi connectivity index (χ1) is 24.4. The number of aromatic nitrogens is 4. The summed E-state index contributed by atoms with van der Waals surface area (Å²) in [4.78, 5) is 66.8. The van der Waals surface area contributed by atoms with Gasteiger partial charge in [0.2, 0.25) is 5.91 Å². The molecule has 1 aliphatic rings. The normalized spacial score (nSPS) is 12.8. The predicted octanol–water partition coefficient (Wildman–Crippen LogP) is 4.26. The number of fused-ring (bicyclic) bond motifs is 2. The highest BCUT2D eigenvalue weighted by Crippen LogP contribution is 2.31. The molecule has 1 aliphatic carbocycles. The van der Waals surface area contributed by atoms with Crippen molar-refractivity contribution in [2.24, 2.45) is 14.1 Å². The Hall–Kier alpha value is -5.53. The zero-order valence-electron chi connectivity index (χ0n) is 31.9. The maximum atomic E-state index is 12.4. The van der Waals surface area contributed by atoms with Crippen molar-refractivity contribution >= 4 is 39.7 Å². The van der Waals surface area contributed by atoms with E-state index in [0.29, 0.717) is 68.3 Å². The number of nitrogens with zero attached hydrogens (tertiary/aromatic N) is 2. The highest BCUT2D eigenvalue weighted by molar-refractivity contribution is 6.08. The van der Waals surface area contributed by atoms with Crippen molar-refractivity contribution in [3.8, 4) is 23.7 Å². The molecule has 1 fully saturated rings. The monoisotopic (exact) mass is 715 g/mol. The lowest BCUT2D eigenvalue weighted by Gasteiger charge is -2.30. The van der Waals surface area contributed by atoms with Crippen LogP contribution in [0.15, 0.2) is 22.0 Å². The number of carbonyl (C=O) groups is 3. The van der Waals surface area contributed by atoms with Gasteiger partial charge in [-0.15, -0.1) is 0 Å². The second-order valence-electron chi connectivity index (χ2n) is 12.8. The molecule has 1 saturated carbocycles. The Bertz CT molecular complexity index is 2260. The standard InChI is InChI=1S/C19H23N3O4.C18H20N2O4.C2H6/c1-7-26-18(25)14-11(2)20-16-15(14)13(10-22(6)17(16)24)8-9-19(4,5)21-12(3)23;1-4-24-17(22)13-11(2)19-15-14(13)12(10-20(3)16(15)21)6-9-18(23)7-5-8-18;1-2/h10,20H,7H2,1-6H3,(H,21,23);10,19,23H,4-5,7-8H2,1-3H3;1-2H3. The first-order valence-corrected chi connectivity index (χ1v) is 17.3. The third kappa shape index (κ3) is 8.85. The third-order valence-corrected chi connectivity index (χ3v) is 8.20. The molecule has 0 spiro atoms. The van der Waals surface area contributed by atoms with Crippen LogP contribution in [-0.2, 0) is 28.4 Å². The molecule has 13 nitrogen and oxygen atoms in total.